The summed E-state index contributed by atoms with van der Waals surface area (Å²) in [7, 11) is 0. The van der Waals surface area contributed by atoms with Gasteiger partial charge >= 0.3 is 5.97 Å². The van der Waals surface area contributed by atoms with Gasteiger partial charge in [0.1, 0.15) is 11.5 Å². The molecule has 2 aromatic heterocycles. The van der Waals surface area contributed by atoms with Gasteiger partial charge in [0.15, 0.2) is 5.69 Å². The summed E-state index contributed by atoms with van der Waals surface area (Å²) < 4.78 is 21.1. The highest BCUT2D eigenvalue weighted by atomic mass is 35.5. The van der Waals surface area contributed by atoms with Crippen molar-refractivity contribution in [3.63, 3.8) is 0 Å². The Hall–Kier alpha value is -2.94. The molecule has 0 saturated heterocycles. The van der Waals surface area contributed by atoms with Crippen molar-refractivity contribution < 1.29 is 19.0 Å². The molecule has 170 valence electrons. The number of carboxylic acid groups (broad SMARTS) is 1. The first-order chi connectivity index (χ1) is 15.7. The van der Waals surface area contributed by atoms with Crippen molar-refractivity contribution in [1.82, 2.24) is 14.8 Å². The lowest BCUT2D eigenvalue weighted by atomic mass is 10.0. The molecule has 4 rings (SSSR count). The van der Waals surface area contributed by atoms with Crippen LogP contribution >= 0.6 is 34.5 Å². The average molecular weight is 506 g/mol. The third kappa shape index (κ3) is 4.59. The minimum Gasteiger partial charge on any atom is -0.480 e. The molecular formula is C23H18Cl2FN3O3S. The van der Waals surface area contributed by atoms with Crippen LogP contribution in [-0.4, -0.2) is 31.9 Å². The zero-order valence-electron chi connectivity index (χ0n) is 17.8. The molecule has 0 aliphatic rings. The van der Waals surface area contributed by atoms with Crippen LogP contribution in [0.1, 0.15) is 30.0 Å². The number of thiazole rings is 1. The Bertz CT molecular complexity index is 1370. The van der Waals surface area contributed by atoms with Crippen molar-refractivity contribution in [2.45, 2.75) is 26.9 Å². The lowest BCUT2D eigenvalue weighted by Gasteiger charge is -2.09. The van der Waals surface area contributed by atoms with Gasteiger partial charge in [0.05, 0.1) is 21.8 Å². The van der Waals surface area contributed by atoms with E-state index in [1.165, 1.54) is 22.9 Å². The molecule has 0 radical (unpaired) electrons. The van der Waals surface area contributed by atoms with Gasteiger partial charge in [-0.05, 0) is 50.6 Å². The average Bonchev–Trinajstić information content (AvgIpc) is 3.30. The number of hydrogen-bond donors (Lipinski definition) is 1. The molecule has 4 aromatic rings. The molecule has 2 aromatic carbocycles. The molecule has 0 aliphatic carbocycles. The Morgan fingerprint density at radius 3 is 2.55 bits per heavy atom. The number of rotatable bonds is 6. The van der Waals surface area contributed by atoms with E-state index in [4.69, 9.17) is 27.9 Å². The number of aryl methyl sites for hydroxylation is 1. The van der Waals surface area contributed by atoms with E-state index in [0.29, 0.717) is 43.2 Å². The predicted octanol–water partition coefficient (Wildman–Crippen LogP) is 6.90. The highest BCUT2D eigenvalue weighted by Crippen LogP contribution is 2.41. The van der Waals surface area contributed by atoms with Gasteiger partial charge in [-0.3, -0.25) is 0 Å². The number of aromatic carboxylic acids is 1. The summed E-state index contributed by atoms with van der Waals surface area (Å²) >= 11 is 13.4. The lowest BCUT2D eigenvalue weighted by molar-refractivity contribution is 0.0688. The third-order valence-electron chi connectivity index (χ3n) is 4.68. The maximum Gasteiger partial charge on any atom is 0.355 e. The molecular weight excluding hydrogens is 488 g/mol. The number of nitrogens with zero attached hydrogens (tertiary/aromatic N) is 3. The van der Waals surface area contributed by atoms with Gasteiger partial charge in [0.25, 0.3) is 0 Å². The van der Waals surface area contributed by atoms with Crippen LogP contribution in [-0.2, 0) is 0 Å². The molecule has 33 heavy (non-hydrogen) atoms. The van der Waals surface area contributed by atoms with Gasteiger partial charge in [-0.15, -0.1) is 0 Å². The van der Waals surface area contributed by atoms with Crippen molar-refractivity contribution in [1.29, 1.82) is 0 Å². The second kappa shape index (κ2) is 9.13. The van der Waals surface area contributed by atoms with Gasteiger partial charge in [-0.1, -0.05) is 52.7 Å². The number of carbonyl (C=O) groups is 1. The van der Waals surface area contributed by atoms with E-state index in [0.717, 1.165) is 11.3 Å². The van der Waals surface area contributed by atoms with E-state index >= 15 is 0 Å². The first-order valence-corrected chi connectivity index (χ1v) is 11.4. The first-order valence-electron chi connectivity index (χ1n) is 9.87. The molecule has 10 heteroatoms. The standard InChI is InChI=1S/C23H18Cl2FN3O3S/c1-11(2)32-22-19(14-7-8-16(24)17(25)10-14)27-23(33-22)29-20(21(30)31)18(12(3)28-29)13-5-4-6-15(26)9-13/h4-11H,1-3H3,(H,30,31). The van der Waals surface area contributed by atoms with E-state index in [1.807, 2.05) is 13.8 Å². The fourth-order valence-electron chi connectivity index (χ4n) is 3.36. The number of hydrogen-bond acceptors (Lipinski definition) is 5. The molecule has 0 atom stereocenters. The summed E-state index contributed by atoms with van der Waals surface area (Å²) in [5.74, 6) is -1.69. The fourth-order valence-corrected chi connectivity index (χ4v) is 4.68. The number of ether oxygens (including phenoxy) is 1. The molecule has 6 nitrogen and oxygen atoms in total. The molecule has 0 saturated carbocycles. The van der Waals surface area contributed by atoms with E-state index in [-0.39, 0.29) is 16.9 Å². The lowest BCUT2D eigenvalue weighted by Crippen LogP contribution is -2.09. The van der Waals surface area contributed by atoms with Gasteiger partial charge < -0.3 is 9.84 Å². The molecule has 0 bridgehead atoms. The van der Waals surface area contributed by atoms with Crippen LogP contribution in [0.5, 0.6) is 5.06 Å². The number of carboxylic acids is 1. The Labute approximate surface area is 203 Å². The minimum atomic E-state index is -1.22. The van der Waals surface area contributed by atoms with Crippen molar-refractivity contribution in [2.75, 3.05) is 0 Å². The normalized spacial score (nSPS) is 11.2. The van der Waals surface area contributed by atoms with Gasteiger partial charge in [0, 0.05) is 11.1 Å². The Morgan fingerprint density at radius 2 is 1.91 bits per heavy atom. The van der Waals surface area contributed by atoms with Crippen LogP contribution in [0.25, 0.3) is 27.5 Å². The monoisotopic (exact) mass is 505 g/mol. The predicted molar refractivity (Wildman–Crippen MR) is 128 cm³/mol. The summed E-state index contributed by atoms with van der Waals surface area (Å²) in [6.45, 7) is 5.42. The fraction of sp³-hybridized carbons (Fsp3) is 0.174. The molecule has 1 N–H and O–H groups in total. The highest BCUT2D eigenvalue weighted by molar-refractivity contribution is 7.16. The first kappa shape index (κ1) is 23.2. The van der Waals surface area contributed by atoms with Gasteiger partial charge in [-0.25, -0.2) is 14.2 Å². The summed E-state index contributed by atoms with van der Waals surface area (Å²) in [5.41, 5.74) is 2.18. The summed E-state index contributed by atoms with van der Waals surface area (Å²) in [6.07, 6.45) is -0.152. The van der Waals surface area contributed by atoms with E-state index in [1.54, 1.807) is 31.2 Å². The van der Waals surface area contributed by atoms with Crippen molar-refractivity contribution in [2.24, 2.45) is 0 Å². The van der Waals surface area contributed by atoms with Crippen LogP contribution < -0.4 is 4.74 Å². The highest BCUT2D eigenvalue weighted by Gasteiger charge is 2.27. The Balaban J connectivity index is 1.92. The topological polar surface area (TPSA) is 77.2 Å². The van der Waals surface area contributed by atoms with Crippen LogP contribution in [0, 0.1) is 12.7 Å². The summed E-state index contributed by atoms with van der Waals surface area (Å²) in [6, 6.07) is 10.8. The van der Waals surface area contributed by atoms with Crippen LogP contribution in [0.3, 0.4) is 0 Å². The maximum absolute atomic E-state index is 13.9. The van der Waals surface area contributed by atoms with Crippen molar-refractivity contribution in [3.05, 3.63) is 69.7 Å². The maximum atomic E-state index is 13.9. The summed E-state index contributed by atoms with van der Waals surface area (Å²) in [4.78, 5) is 16.9. The molecule has 0 amide bonds. The van der Waals surface area contributed by atoms with Crippen LogP contribution in [0.4, 0.5) is 4.39 Å². The smallest absolute Gasteiger partial charge is 0.355 e. The summed E-state index contributed by atoms with van der Waals surface area (Å²) in [5, 5.41) is 16.0. The molecule has 2 heterocycles. The zero-order chi connectivity index (χ0) is 23.9. The van der Waals surface area contributed by atoms with E-state index in [2.05, 4.69) is 10.1 Å². The van der Waals surface area contributed by atoms with Gasteiger partial charge in [-0.2, -0.15) is 9.78 Å². The second-order valence-corrected chi connectivity index (χ2v) is 9.22. The van der Waals surface area contributed by atoms with Crippen molar-refractivity contribution in [3.8, 4) is 32.6 Å². The van der Waals surface area contributed by atoms with Crippen molar-refractivity contribution >= 4 is 40.5 Å². The molecule has 0 fully saturated rings. The van der Waals surface area contributed by atoms with E-state index in [9.17, 15) is 14.3 Å². The minimum absolute atomic E-state index is 0.122. The quantitative estimate of drug-likeness (QED) is 0.308. The number of aromatic nitrogens is 3. The molecule has 0 aliphatic heterocycles. The SMILES string of the molecule is Cc1nn(-c2nc(-c3ccc(Cl)c(Cl)c3)c(OC(C)C)s2)c(C(=O)O)c1-c1cccc(F)c1. The second-order valence-electron chi connectivity index (χ2n) is 7.46. The Kier molecular flexibility index (Phi) is 6.43. The van der Waals surface area contributed by atoms with Gasteiger partial charge in [0.2, 0.25) is 10.2 Å². The number of halogens is 3. The third-order valence-corrected chi connectivity index (χ3v) is 6.34. The zero-order valence-corrected chi connectivity index (χ0v) is 20.1. The Morgan fingerprint density at radius 1 is 1.15 bits per heavy atom. The number of benzene rings is 2. The van der Waals surface area contributed by atoms with Crippen LogP contribution in [0.2, 0.25) is 10.0 Å². The van der Waals surface area contributed by atoms with Crippen LogP contribution in [0.15, 0.2) is 42.5 Å². The largest absolute Gasteiger partial charge is 0.480 e. The van der Waals surface area contributed by atoms with E-state index < -0.39 is 11.8 Å². The molecule has 0 unspecified atom stereocenters. The molecule has 0 spiro atoms.